The molecule has 21 heavy (non-hydrogen) atoms. The van der Waals surface area contributed by atoms with Gasteiger partial charge in [-0.15, -0.1) is 16.5 Å². The second-order valence-electron chi connectivity index (χ2n) is 4.24. The van der Waals surface area contributed by atoms with Crippen molar-refractivity contribution >= 4 is 57.5 Å². The number of thiocarbonyl (C=S) groups is 1. The molecule has 1 aromatic rings. The van der Waals surface area contributed by atoms with Crippen molar-refractivity contribution in [2.45, 2.75) is 19.3 Å². The van der Waals surface area contributed by atoms with Crippen LogP contribution in [0, 0.1) is 0 Å². The Morgan fingerprint density at radius 3 is 3.10 bits per heavy atom. The molecular weight excluding hydrogens is 337 g/mol. The first kappa shape index (κ1) is 16.1. The van der Waals surface area contributed by atoms with Gasteiger partial charge in [0.05, 0.1) is 18.6 Å². The van der Waals surface area contributed by atoms with Crippen molar-refractivity contribution in [3.8, 4) is 0 Å². The summed E-state index contributed by atoms with van der Waals surface area (Å²) in [6.07, 6.45) is 3.44. The molecule has 0 atom stereocenters. The van der Waals surface area contributed by atoms with Crippen molar-refractivity contribution in [1.82, 2.24) is 5.01 Å². The van der Waals surface area contributed by atoms with Gasteiger partial charge < -0.3 is 4.74 Å². The summed E-state index contributed by atoms with van der Waals surface area (Å²) < 4.78 is 18.9. The second kappa shape index (κ2) is 7.15. The number of hydrazone groups is 1. The molecule has 1 aliphatic rings. The Hall–Kier alpha value is -1.25. The lowest BCUT2D eigenvalue weighted by molar-refractivity contribution is -0.139. The number of halogens is 2. The highest BCUT2D eigenvalue weighted by molar-refractivity contribution is 7.80. The number of esters is 1. The molecule has 5 nitrogen and oxygen atoms in total. The van der Waals surface area contributed by atoms with Gasteiger partial charge in [0, 0.05) is 17.6 Å². The predicted octanol–water partition coefficient (Wildman–Crippen LogP) is 3.17. The molecule has 0 radical (unpaired) electrons. The van der Waals surface area contributed by atoms with Gasteiger partial charge in [-0.1, -0.05) is 16.1 Å². The monoisotopic (exact) mass is 349 g/mol. The van der Waals surface area contributed by atoms with Crippen LogP contribution in [0.4, 0.5) is 9.48 Å². The zero-order valence-corrected chi connectivity index (χ0v) is 13.6. The third-order valence-electron chi connectivity index (χ3n) is 2.78. The Morgan fingerprint density at radius 2 is 2.48 bits per heavy atom. The van der Waals surface area contributed by atoms with E-state index in [-0.39, 0.29) is 16.5 Å². The summed E-state index contributed by atoms with van der Waals surface area (Å²) in [6, 6.07) is 1.43. The summed E-state index contributed by atoms with van der Waals surface area (Å²) in [5, 5.41) is 6.31. The van der Waals surface area contributed by atoms with Gasteiger partial charge in [0.25, 0.3) is 0 Å². The maximum Gasteiger partial charge on any atom is 0.310 e. The van der Waals surface area contributed by atoms with Crippen molar-refractivity contribution < 1.29 is 14.0 Å². The summed E-state index contributed by atoms with van der Waals surface area (Å²) in [5.74, 6) is -0.432. The summed E-state index contributed by atoms with van der Waals surface area (Å²) in [6.45, 7) is 0.573. The molecule has 0 N–H and O–H groups in total. The lowest BCUT2D eigenvalue weighted by Gasteiger charge is -2.24. The van der Waals surface area contributed by atoms with Crippen LogP contribution in [0.5, 0.6) is 0 Å². The van der Waals surface area contributed by atoms with E-state index in [0.29, 0.717) is 21.6 Å². The summed E-state index contributed by atoms with van der Waals surface area (Å²) in [5.41, 5.74) is 0. The number of carbonyl (C=O) groups is 1. The topological polar surface area (TPSA) is 45.1 Å². The minimum atomic E-state index is -0.432. The zero-order chi connectivity index (χ0) is 15.4. The van der Waals surface area contributed by atoms with Crippen molar-refractivity contribution in [2.75, 3.05) is 18.8 Å². The van der Waals surface area contributed by atoms with Gasteiger partial charge in [-0.05, 0) is 31.1 Å². The van der Waals surface area contributed by atoms with Crippen LogP contribution in [0.15, 0.2) is 11.2 Å². The molecule has 1 aromatic heterocycles. The maximum absolute atomic E-state index is 14.3. The van der Waals surface area contributed by atoms with E-state index in [0.717, 1.165) is 24.2 Å². The van der Waals surface area contributed by atoms with E-state index in [2.05, 4.69) is 9.84 Å². The molecule has 0 aromatic carbocycles. The smallest absolute Gasteiger partial charge is 0.310 e. The van der Waals surface area contributed by atoms with E-state index in [1.807, 2.05) is 0 Å². The van der Waals surface area contributed by atoms with Crippen molar-refractivity contribution in [3.05, 3.63) is 16.0 Å². The molecule has 2 rings (SSSR count). The van der Waals surface area contributed by atoms with Crippen LogP contribution in [0.3, 0.4) is 0 Å². The highest BCUT2D eigenvalue weighted by atomic mass is 35.5. The third kappa shape index (κ3) is 3.90. The summed E-state index contributed by atoms with van der Waals surface area (Å²) in [4.78, 5) is 11.8. The number of carbonyl (C=O) groups excluding carboxylic acids is 1. The van der Waals surface area contributed by atoms with E-state index in [9.17, 15) is 9.28 Å². The number of hydrogen-bond donors (Lipinski definition) is 0. The van der Waals surface area contributed by atoms with Crippen molar-refractivity contribution in [1.29, 1.82) is 0 Å². The number of thiophene rings is 1. The molecule has 0 fully saturated rings. The molecule has 0 saturated carbocycles. The molecule has 114 valence electrons. The molecular formula is C12H13ClFN3O2S2. The number of hydrogen-bond acceptors (Lipinski definition) is 5. The van der Waals surface area contributed by atoms with Crippen molar-refractivity contribution in [2.24, 2.45) is 5.10 Å². The van der Waals surface area contributed by atoms with Gasteiger partial charge in [0.1, 0.15) is 5.00 Å². The van der Waals surface area contributed by atoms with Crippen LogP contribution in [0.25, 0.3) is 0 Å². The number of methoxy groups -OCH3 is 1. The summed E-state index contributed by atoms with van der Waals surface area (Å²) in [7, 11) is 1.29. The van der Waals surface area contributed by atoms with E-state index < -0.39 is 5.97 Å². The molecule has 2 heterocycles. The molecule has 0 aliphatic carbocycles. The van der Waals surface area contributed by atoms with Crippen LogP contribution < -0.4 is 5.12 Å². The fraction of sp³-hybridized carbons (Fsp3) is 0.417. The molecule has 0 saturated heterocycles. The second-order valence-corrected chi connectivity index (χ2v) is 6.12. The maximum atomic E-state index is 14.3. The van der Waals surface area contributed by atoms with Crippen LogP contribution in [0.1, 0.15) is 17.7 Å². The SMILES string of the molecule is COC(=O)Cc1sc(N(F)C(=S)N2CCCC=N2)cc1Cl. The quantitative estimate of drug-likeness (QED) is 0.476. The standard InChI is InChI=1S/C12H13ClFN3O2S2/c1-19-11(18)7-9-8(13)6-10(21-9)17(14)12(20)16-5-3-2-4-15-16/h4,6H,2-3,5,7H2,1H3. The largest absolute Gasteiger partial charge is 0.469 e. The van der Waals surface area contributed by atoms with E-state index in [1.165, 1.54) is 18.2 Å². The number of anilines is 1. The van der Waals surface area contributed by atoms with Crippen LogP contribution in [-0.4, -0.2) is 36.0 Å². The minimum Gasteiger partial charge on any atom is -0.469 e. The fourth-order valence-electron chi connectivity index (χ4n) is 1.70. The van der Waals surface area contributed by atoms with E-state index in [4.69, 9.17) is 23.8 Å². The van der Waals surface area contributed by atoms with Crippen LogP contribution in [-0.2, 0) is 16.0 Å². The van der Waals surface area contributed by atoms with Crippen LogP contribution in [0.2, 0.25) is 5.02 Å². The third-order valence-corrected chi connectivity index (χ3v) is 4.70. The minimum absolute atomic E-state index is 0.00245. The van der Waals surface area contributed by atoms with Gasteiger partial charge in [-0.3, -0.25) is 4.79 Å². The average molecular weight is 350 g/mol. The number of nitrogens with zero attached hydrogens (tertiary/aromatic N) is 3. The first-order valence-electron chi connectivity index (χ1n) is 6.17. The highest BCUT2D eigenvalue weighted by Gasteiger charge is 2.23. The Morgan fingerprint density at radius 1 is 1.71 bits per heavy atom. The van der Waals surface area contributed by atoms with E-state index >= 15 is 0 Å². The summed E-state index contributed by atoms with van der Waals surface area (Å²) >= 11 is 12.1. The molecule has 9 heteroatoms. The predicted molar refractivity (Wildman–Crippen MR) is 85.7 cm³/mol. The molecule has 0 amide bonds. The highest BCUT2D eigenvalue weighted by Crippen LogP contribution is 2.35. The van der Waals surface area contributed by atoms with Gasteiger partial charge >= 0.3 is 5.97 Å². The Balaban J connectivity index is 2.12. The molecule has 0 unspecified atom stereocenters. The van der Waals surface area contributed by atoms with Gasteiger partial charge in [-0.25, -0.2) is 5.01 Å². The van der Waals surface area contributed by atoms with Crippen molar-refractivity contribution in [3.63, 3.8) is 0 Å². The molecule has 0 spiro atoms. The van der Waals surface area contributed by atoms with Gasteiger partial charge in [-0.2, -0.15) is 5.10 Å². The lowest BCUT2D eigenvalue weighted by atomic mass is 10.3. The first-order valence-corrected chi connectivity index (χ1v) is 7.78. The Bertz CT molecular complexity index is 579. The lowest BCUT2D eigenvalue weighted by Crippen LogP contribution is -2.37. The Labute approximate surface area is 135 Å². The fourth-order valence-corrected chi connectivity index (χ4v) is 3.29. The number of ether oxygens (including phenoxy) is 1. The average Bonchev–Trinajstić information content (AvgIpc) is 2.87. The Kier molecular flexibility index (Phi) is 5.49. The molecule has 0 bridgehead atoms. The zero-order valence-electron chi connectivity index (χ0n) is 11.2. The van der Waals surface area contributed by atoms with Gasteiger partial charge in [0.2, 0.25) is 5.11 Å². The van der Waals surface area contributed by atoms with Gasteiger partial charge in [0.15, 0.2) is 0 Å². The normalized spacial score (nSPS) is 14.1. The van der Waals surface area contributed by atoms with E-state index in [1.54, 1.807) is 6.21 Å². The van der Waals surface area contributed by atoms with Crippen LogP contribution >= 0.6 is 35.2 Å². The number of rotatable bonds is 3. The first-order chi connectivity index (χ1) is 10.0. The molecule has 1 aliphatic heterocycles.